The third kappa shape index (κ3) is 6.38. The molecular weight excluding hydrogens is 468 g/mol. The van der Waals surface area contributed by atoms with Gasteiger partial charge in [0.1, 0.15) is 12.1 Å². The smallest absolute Gasteiger partial charge is 0.329 e. The van der Waals surface area contributed by atoms with Gasteiger partial charge in [-0.05, 0) is 42.7 Å². The normalized spacial score (nSPS) is 15.1. The molecule has 1 amide bonds. The van der Waals surface area contributed by atoms with Crippen molar-refractivity contribution in [2.45, 2.75) is 25.4 Å². The number of likely N-dealkylation sites (tertiary alicyclic amines) is 1. The zero-order chi connectivity index (χ0) is 25.0. The Bertz CT molecular complexity index is 1280. The maximum Gasteiger partial charge on any atom is 0.329 e. The summed E-state index contributed by atoms with van der Waals surface area (Å²) in [5, 5.41) is 5.05. The summed E-state index contributed by atoms with van der Waals surface area (Å²) >= 11 is 0. The molecule has 3 aromatic rings. The Labute approximate surface area is 205 Å². The molecule has 0 bridgehead atoms. The van der Waals surface area contributed by atoms with Crippen molar-refractivity contribution in [3.8, 4) is 17.0 Å². The number of amides is 1. The predicted molar refractivity (Wildman–Crippen MR) is 134 cm³/mol. The van der Waals surface area contributed by atoms with Gasteiger partial charge in [0.05, 0.1) is 18.5 Å². The molecule has 2 aromatic carbocycles. The summed E-state index contributed by atoms with van der Waals surface area (Å²) in [7, 11) is -0.388. The number of ether oxygens (including phenoxy) is 1. The molecule has 0 unspecified atom stereocenters. The molecule has 0 radical (unpaired) electrons. The van der Waals surface area contributed by atoms with Gasteiger partial charge in [0.15, 0.2) is 0 Å². The molecule has 1 aromatic heterocycles. The fourth-order valence-electron chi connectivity index (χ4n) is 4.31. The molecule has 1 aliphatic heterocycles. The average molecular weight is 499 g/mol. The molecular formula is C24H30N6O4S. The molecule has 1 fully saturated rings. The molecule has 0 spiro atoms. The number of carbonyl (C=O) groups excluding carboxylic acids is 1. The van der Waals surface area contributed by atoms with Crippen LogP contribution in [0.25, 0.3) is 11.3 Å². The first-order chi connectivity index (χ1) is 16.7. The van der Waals surface area contributed by atoms with Crippen molar-refractivity contribution in [3.05, 3.63) is 66.6 Å². The van der Waals surface area contributed by atoms with Crippen molar-refractivity contribution in [1.82, 2.24) is 19.4 Å². The Balaban J connectivity index is 1.35. The van der Waals surface area contributed by atoms with Crippen molar-refractivity contribution in [2.75, 3.05) is 32.0 Å². The van der Waals surface area contributed by atoms with Crippen LogP contribution >= 0.6 is 0 Å². The number of hydrogen-bond donors (Lipinski definition) is 2. The number of nitrogens with two attached hydrogens (primary N) is 1. The third-order valence-corrected chi connectivity index (χ3v) is 6.69. The molecule has 0 atom stereocenters. The van der Waals surface area contributed by atoms with Crippen molar-refractivity contribution >= 4 is 21.9 Å². The standard InChI is InChI=1S/C24H30N6O4S/c1-28(21-9-11-29(12-10-21)15-18-5-3-8-22(13-18)34-2)24(31)30-16-23(26-17-30)19-6-4-7-20(14-19)27-35(25,32)33/h3-8,13-14,16-17,21,27H,9-12,15H2,1-2H3,(H2,25,32,33). The van der Waals surface area contributed by atoms with Gasteiger partial charge in [-0.1, -0.05) is 24.3 Å². The number of nitrogens with one attached hydrogen (secondary N) is 1. The Morgan fingerprint density at radius 3 is 2.66 bits per heavy atom. The molecule has 0 aliphatic carbocycles. The summed E-state index contributed by atoms with van der Waals surface area (Å²) in [5.41, 5.74) is 2.75. The number of aromatic nitrogens is 2. The van der Waals surface area contributed by atoms with E-state index in [0.29, 0.717) is 16.9 Å². The van der Waals surface area contributed by atoms with Crippen molar-refractivity contribution in [1.29, 1.82) is 0 Å². The van der Waals surface area contributed by atoms with Crippen LogP contribution in [0, 0.1) is 0 Å². The van der Waals surface area contributed by atoms with Crippen LogP contribution in [-0.2, 0) is 16.8 Å². The van der Waals surface area contributed by atoms with Gasteiger partial charge < -0.3 is 9.64 Å². The maximum absolute atomic E-state index is 13.1. The molecule has 1 saturated heterocycles. The lowest BCUT2D eigenvalue weighted by Crippen LogP contribution is -2.46. The number of methoxy groups -OCH3 is 1. The number of anilines is 1. The van der Waals surface area contributed by atoms with E-state index in [1.165, 1.54) is 16.5 Å². The highest BCUT2D eigenvalue weighted by atomic mass is 32.2. The van der Waals surface area contributed by atoms with Gasteiger partial charge in [-0.15, -0.1) is 0 Å². The Morgan fingerprint density at radius 1 is 1.20 bits per heavy atom. The van der Waals surface area contributed by atoms with Crippen LogP contribution in [0.4, 0.5) is 10.5 Å². The molecule has 11 heteroatoms. The third-order valence-electron chi connectivity index (χ3n) is 6.17. The molecule has 35 heavy (non-hydrogen) atoms. The van der Waals surface area contributed by atoms with Gasteiger partial charge in [-0.2, -0.15) is 8.42 Å². The van der Waals surface area contributed by atoms with E-state index in [4.69, 9.17) is 9.88 Å². The fourth-order valence-corrected chi connectivity index (χ4v) is 4.77. The quantitative estimate of drug-likeness (QED) is 0.516. The molecule has 10 nitrogen and oxygen atoms in total. The topological polar surface area (TPSA) is 123 Å². The number of carbonyl (C=O) groups is 1. The first kappa shape index (κ1) is 24.7. The van der Waals surface area contributed by atoms with Gasteiger partial charge in [0, 0.05) is 44.5 Å². The minimum Gasteiger partial charge on any atom is -0.497 e. The highest BCUT2D eigenvalue weighted by Gasteiger charge is 2.26. The van der Waals surface area contributed by atoms with Crippen LogP contribution in [0.3, 0.4) is 0 Å². The number of nitrogens with zero attached hydrogens (tertiary/aromatic N) is 4. The van der Waals surface area contributed by atoms with Gasteiger partial charge in [-0.3, -0.25) is 14.2 Å². The average Bonchev–Trinajstić information content (AvgIpc) is 3.33. The second-order valence-electron chi connectivity index (χ2n) is 8.65. The summed E-state index contributed by atoms with van der Waals surface area (Å²) in [6.07, 6.45) is 4.89. The van der Waals surface area contributed by atoms with E-state index >= 15 is 0 Å². The van der Waals surface area contributed by atoms with Gasteiger partial charge in [0.2, 0.25) is 0 Å². The van der Waals surface area contributed by atoms with Crippen LogP contribution in [0.2, 0.25) is 0 Å². The SMILES string of the molecule is COc1cccc(CN2CCC(N(C)C(=O)n3cnc(-c4cccc(NS(N)(=O)=O)c4)c3)CC2)c1. The summed E-state index contributed by atoms with van der Waals surface area (Å²) in [6.45, 7) is 2.66. The first-order valence-corrected chi connectivity index (χ1v) is 12.8. The van der Waals surface area contributed by atoms with E-state index in [0.717, 1.165) is 38.2 Å². The summed E-state index contributed by atoms with van der Waals surface area (Å²) < 4.78 is 31.6. The number of benzene rings is 2. The molecule has 3 N–H and O–H groups in total. The zero-order valence-electron chi connectivity index (χ0n) is 19.8. The summed E-state index contributed by atoms with van der Waals surface area (Å²) in [4.78, 5) is 21.6. The Hall–Kier alpha value is -3.41. The lowest BCUT2D eigenvalue weighted by atomic mass is 10.0. The van der Waals surface area contributed by atoms with Crippen LogP contribution in [0.15, 0.2) is 61.1 Å². The Morgan fingerprint density at radius 2 is 1.94 bits per heavy atom. The zero-order valence-corrected chi connectivity index (χ0v) is 20.6. The molecule has 0 saturated carbocycles. The first-order valence-electron chi connectivity index (χ1n) is 11.3. The van der Waals surface area contributed by atoms with Crippen molar-refractivity contribution in [3.63, 3.8) is 0 Å². The van der Waals surface area contributed by atoms with E-state index in [2.05, 4.69) is 26.7 Å². The summed E-state index contributed by atoms with van der Waals surface area (Å²) in [6, 6.07) is 14.7. The maximum atomic E-state index is 13.1. The monoisotopic (exact) mass is 498 g/mol. The predicted octanol–water partition coefficient (Wildman–Crippen LogP) is 2.74. The Kier molecular flexibility index (Phi) is 7.39. The van der Waals surface area contributed by atoms with Crippen molar-refractivity contribution in [2.24, 2.45) is 5.14 Å². The second kappa shape index (κ2) is 10.5. The fraction of sp³-hybridized carbons (Fsp3) is 0.333. The molecule has 4 rings (SSSR count). The highest BCUT2D eigenvalue weighted by molar-refractivity contribution is 7.90. The van der Waals surface area contributed by atoms with E-state index in [1.54, 1.807) is 42.5 Å². The highest BCUT2D eigenvalue weighted by Crippen LogP contribution is 2.23. The van der Waals surface area contributed by atoms with E-state index < -0.39 is 10.2 Å². The van der Waals surface area contributed by atoms with Gasteiger partial charge in [0.25, 0.3) is 10.2 Å². The number of piperidine rings is 1. The van der Waals surface area contributed by atoms with E-state index in [9.17, 15) is 13.2 Å². The van der Waals surface area contributed by atoms with Crippen LogP contribution < -0.4 is 14.6 Å². The van der Waals surface area contributed by atoms with Gasteiger partial charge in [-0.25, -0.2) is 14.9 Å². The van der Waals surface area contributed by atoms with Crippen LogP contribution in [0.5, 0.6) is 5.75 Å². The molecule has 1 aliphatic rings. The van der Waals surface area contributed by atoms with Gasteiger partial charge >= 0.3 is 6.03 Å². The molecule has 2 heterocycles. The van der Waals surface area contributed by atoms with E-state index in [1.807, 2.05) is 19.2 Å². The minimum atomic E-state index is -3.88. The van der Waals surface area contributed by atoms with E-state index in [-0.39, 0.29) is 12.1 Å². The lowest BCUT2D eigenvalue weighted by Gasteiger charge is -2.36. The molecule has 186 valence electrons. The van der Waals surface area contributed by atoms with Crippen molar-refractivity contribution < 1.29 is 17.9 Å². The number of hydrogen-bond acceptors (Lipinski definition) is 6. The van der Waals surface area contributed by atoms with Crippen LogP contribution in [0.1, 0.15) is 18.4 Å². The largest absolute Gasteiger partial charge is 0.497 e. The number of rotatable bonds is 7. The summed E-state index contributed by atoms with van der Waals surface area (Å²) in [5.74, 6) is 0.856. The second-order valence-corrected chi connectivity index (χ2v) is 9.94. The van der Waals surface area contributed by atoms with Crippen LogP contribution in [-0.4, -0.2) is 67.1 Å². The number of imidazole rings is 1. The lowest BCUT2D eigenvalue weighted by molar-refractivity contribution is 0.132. The minimum absolute atomic E-state index is 0.136.